The Labute approximate surface area is 107 Å². The zero-order valence-electron chi connectivity index (χ0n) is 10.4. The van der Waals surface area contributed by atoms with Gasteiger partial charge in [0.15, 0.2) is 0 Å². The third-order valence-corrected chi connectivity index (χ3v) is 2.93. The molecule has 0 unspecified atom stereocenters. The SMILES string of the molecule is NCCCNC(=O)Cc1cccc2ccccc12. The largest absolute Gasteiger partial charge is 0.356 e. The van der Waals surface area contributed by atoms with E-state index < -0.39 is 0 Å². The predicted molar refractivity (Wildman–Crippen MR) is 74.3 cm³/mol. The summed E-state index contributed by atoms with van der Waals surface area (Å²) in [6.45, 7) is 1.26. The Kier molecular flexibility index (Phi) is 4.31. The van der Waals surface area contributed by atoms with Gasteiger partial charge in [0.25, 0.3) is 0 Å². The third-order valence-electron chi connectivity index (χ3n) is 2.93. The lowest BCUT2D eigenvalue weighted by atomic mass is 10.0. The molecule has 18 heavy (non-hydrogen) atoms. The van der Waals surface area contributed by atoms with Gasteiger partial charge < -0.3 is 11.1 Å². The highest BCUT2D eigenvalue weighted by molar-refractivity contribution is 5.90. The Bertz CT molecular complexity index is 532. The van der Waals surface area contributed by atoms with Crippen LogP contribution in [0.2, 0.25) is 0 Å². The minimum Gasteiger partial charge on any atom is -0.356 e. The van der Waals surface area contributed by atoms with Gasteiger partial charge in [0.05, 0.1) is 6.42 Å². The Morgan fingerprint density at radius 2 is 1.89 bits per heavy atom. The van der Waals surface area contributed by atoms with E-state index in [2.05, 4.69) is 23.5 Å². The topological polar surface area (TPSA) is 55.1 Å². The number of carbonyl (C=O) groups is 1. The molecule has 0 radical (unpaired) electrons. The minimum absolute atomic E-state index is 0.0554. The summed E-state index contributed by atoms with van der Waals surface area (Å²) in [5.74, 6) is 0.0554. The maximum atomic E-state index is 11.8. The highest BCUT2D eigenvalue weighted by Gasteiger charge is 2.05. The third kappa shape index (κ3) is 3.08. The van der Waals surface area contributed by atoms with Gasteiger partial charge in [-0.1, -0.05) is 42.5 Å². The maximum Gasteiger partial charge on any atom is 0.224 e. The van der Waals surface area contributed by atoms with Crippen molar-refractivity contribution in [2.45, 2.75) is 12.8 Å². The van der Waals surface area contributed by atoms with Crippen LogP contribution in [0.25, 0.3) is 10.8 Å². The summed E-state index contributed by atoms with van der Waals surface area (Å²) >= 11 is 0. The van der Waals surface area contributed by atoms with Crippen LogP contribution in [0.5, 0.6) is 0 Å². The molecule has 3 N–H and O–H groups in total. The van der Waals surface area contributed by atoms with E-state index in [0.717, 1.165) is 17.4 Å². The molecule has 0 fully saturated rings. The van der Waals surface area contributed by atoms with E-state index in [9.17, 15) is 4.79 Å². The van der Waals surface area contributed by atoms with E-state index in [4.69, 9.17) is 5.73 Å². The summed E-state index contributed by atoms with van der Waals surface area (Å²) < 4.78 is 0. The van der Waals surface area contributed by atoms with Gasteiger partial charge in [0, 0.05) is 6.54 Å². The Morgan fingerprint density at radius 1 is 1.11 bits per heavy atom. The van der Waals surface area contributed by atoms with E-state index in [1.165, 1.54) is 5.39 Å². The molecule has 0 aromatic heterocycles. The molecule has 2 aromatic carbocycles. The van der Waals surface area contributed by atoms with Crippen LogP contribution in [-0.2, 0) is 11.2 Å². The first kappa shape index (κ1) is 12.6. The van der Waals surface area contributed by atoms with Crippen LogP contribution >= 0.6 is 0 Å². The standard InChI is InChI=1S/C15H18N2O/c16-9-4-10-17-15(18)11-13-7-3-6-12-5-1-2-8-14(12)13/h1-3,5-8H,4,9-11,16H2,(H,17,18). The first-order valence-corrected chi connectivity index (χ1v) is 6.24. The molecular weight excluding hydrogens is 224 g/mol. The molecule has 3 nitrogen and oxygen atoms in total. The zero-order valence-corrected chi connectivity index (χ0v) is 10.4. The van der Waals surface area contributed by atoms with Gasteiger partial charge in [-0.15, -0.1) is 0 Å². The summed E-state index contributed by atoms with van der Waals surface area (Å²) in [5, 5.41) is 5.20. The van der Waals surface area contributed by atoms with Crippen molar-refractivity contribution in [3.05, 3.63) is 48.0 Å². The van der Waals surface area contributed by atoms with Gasteiger partial charge >= 0.3 is 0 Å². The number of hydrogen-bond donors (Lipinski definition) is 2. The van der Waals surface area contributed by atoms with Gasteiger partial charge in [0.2, 0.25) is 5.91 Å². The van der Waals surface area contributed by atoms with Crippen LogP contribution in [0.3, 0.4) is 0 Å². The quantitative estimate of drug-likeness (QED) is 0.786. The van der Waals surface area contributed by atoms with Crippen LogP contribution in [0.4, 0.5) is 0 Å². The van der Waals surface area contributed by atoms with E-state index in [1.54, 1.807) is 0 Å². The average Bonchev–Trinajstić information content (AvgIpc) is 2.39. The fraction of sp³-hybridized carbons (Fsp3) is 0.267. The second-order valence-corrected chi connectivity index (χ2v) is 4.31. The smallest absolute Gasteiger partial charge is 0.224 e. The molecule has 3 heteroatoms. The van der Waals surface area contributed by atoms with E-state index in [1.807, 2.05) is 24.3 Å². The van der Waals surface area contributed by atoms with E-state index >= 15 is 0 Å². The Balaban J connectivity index is 2.09. The monoisotopic (exact) mass is 242 g/mol. The molecule has 2 aromatic rings. The van der Waals surface area contributed by atoms with Crippen molar-refractivity contribution in [2.24, 2.45) is 5.73 Å². The van der Waals surface area contributed by atoms with Crippen LogP contribution in [0.15, 0.2) is 42.5 Å². The molecule has 94 valence electrons. The summed E-state index contributed by atoms with van der Waals surface area (Å²) in [4.78, 5) is 11.8. The molecule has 0 aliphatic rings. The number of hydrogen-bond acceptors (Lipinski definition) is 2. The number of amides is 1. The minimum atomic E-state index is 0.0554. The van der Waals surface area contributed by atoms with Crippen molar-refractivity contribution in [2.75, 3.05) is 13.1 Å². The number of nitrogens with two attached hydrogens (primary N) is 1. The first-order valence-electron chi connectivity index (χ1n) is 6.24. The molecule has 0 saturated carbocycles. The molecule has 0 saturated heterocycles. The van der Waals surface area contributed by atoms with Gasteiger partial charge in [-0.25, -0.2) is 0 Å². The lowest BCUT2D eigenvalue weighted by Crippen LogP contribution is -2.27. The number of rotatable bonds is 5. The van der Waals surface area contributed by atoms with Crippen molar-refractivity contribution >= 4 is 16.7 Å². The van der Waals surface area contributed by atoms with Crippen LogP contribution in [0, 0.1) is 0 Å². The van der Waals surface area contributed by atoms with Crippen molar-refractivity contribution < 1.29 is 4.79 Å². The van der Waals surface area contributed by atoms with Crippen LogP contribution < -0.4 is 11.1 Å². The average molecular weight is 242 g/mol. The second-order valence-electron chi connectivity index (χ2n) is 4.31. The van der Waals surface area contributed by atoms with Gasteiger partial charge in [-0.3, -0.25) is 4.79 Å². The van der Waals surface area contributed by atoms with Crippen molar-refractivity contribution in [1.29, 1.82) is 0 Å². The molecular formula is C15H18N2O. The molecule has 2 rings (SSSR count). The molecule has 0 aliphatic heterocycles. The van der Waals surface area contributed by atoms with Crippen molar-refractivity contribution in [3.8, 4) is 0 Å². The highest BCUT2D eigenvalue weighted by Crippen LogP contribution is 2.18. The number of benzene rings is 2. The van der Waals surface area contributed by atoms with Crippen LogP contribution in [-0.4, -0.2) is 19.0 Å². The van der Waals surface area contributed by atoms with Crippen molar-refractivity contribution in [3.63, 3.8) is 0 Å². The second kappa shape index (κ2) is 6.17. The molecule has 0 aliphatic carbocycles. The lowest BCUT2D eigenvalue weighted by molar-refractivity contribution is -0.120. The Hall–Kier alpha value is -1.87. The molecule has 0 heterocycles. The normalized spacial score (nSPS) is 10.5. The summed E-state index contributed by atoms with van der Waals surface area (Å²) in [6, 6.07) is 14.2. The summed E-state index contributed by atoms with van der Waals surface area (Å²) in [6.07, 6.45) is 1.24. The fourth-order valence-corrected chi connectivity index (χ4v) is 2.01. The Morgan fingerprint density at radius 3 is 2.72 bits per heavy atom. The number of nitrogens with one attached hydrogen (secondary N) is 1. The molecule has 0 bridgehead atoms. The van der Waals surface area contributed by atoms with Gasteiger partial charge in [-0.2, -0.15) is 0 Å². The van der Waals surface area contributed by atoms with Crippen molar-refractivity contribution in [1.82, 2.24) is 5.32 Å². The highest BCUT2D eigenvalue weighted by atomic mass is 16.1. The van der Waals surface area contributed by atoms with Crippen LogP contribution in [0.1, 0.15) is 12.0 Å². The molecule has 0 spiro atoms. The van der Waals surface area contributed by atoms with Gasteiger partial charge in [-0.05, 0) is 29.3 Å². The fourth-order valence-electron chi connectivity index (χ4n) is 2.01. The number of carbonyl (C=O) groups excluding carboxylic acids is 1. The zero-order chi connectivity index (χ0) is 12.8. The lowest BCUT2D eigenvalue weighted by Gasteiger charge is -2.07. The molecule has 1 amide bonds. The molecule has 0 atom stereocenters. The first-order chi connectivity index (χ1) is 8.81. The summed E-state index contributed by atoms with van der Waals surface area (Å²) in [7, 11) is 0. The predicted octanol–water partition coefficient (Wildman–Crippen LogP) is 1.85. The van der Waals surface area contributed by atoms with E-state index in [-0.39, 0.29) is 5.91 Å². The van der Waals surface area contributed by atoms with Gasteiger partial charge in [0.1, 0.15) is 0 Å². The maximum absolute atomic E-state index is 11.8. The van der Waals surface area contributed by atoms with E-state index in [0.29, 0.717) is 19.5 Å². The number of fused-ring (bicyclic) bond motifs is 1. The summed E-state index contributed by atoms with van der Waals surface area (Å²) in [5.41, 5.74) is 6.46.